The summed E-state index contributed by atoms with van der Waals surface area (Å²) in [5, 5.41) is 0. The van der Waals surface area contributed by atoms with Gasteiger partial charge in [0.2, 0.25) is 10.0 Å². The molecule has 2 aliphatic rings. The van der Waals surface area contributed by atoms with Crippen molar-refractivity contribution in [2.24, 2.45) is 0 Å². The molecule has 0 radical (unpaired) electrons. The van der Waals surface area contributed by atoms with Crippen LogP contribution in [0.2, 0.25) is 0 Å². The highest BCUT2D eigenvalue weighted by Gasteiger charge is 2.30. The monoisotopic (exact) mass is 389 g/mol. The maximum absolute atomic E-state index is 13.1. The van der Waals surface area contributed by atoms with E-state index < -0.39 is 10.0 Å². The summed E-state index contributed by atoms with van der Waals surface area (Å²) in [5.41, 5.74) is 1.14. The van der Waals surface area contributed by atoms with Crippen molar-refractivity contribution >= 4 is 15.8 Å². The molecule has 0 atom stereocenters. The topological polar surface area (TPSA) is 72.0 Å². The van der Waals surface area contributed by atoms with Crippen LogP contribution in [0.15, 0.2) is 41.4 Å². The van der Waals surface area contributed by atoms with Crippen LogP contribution in [0.3, 0.4) is 0 Å². The zero-order valence-electron chi connectivity index (χ0n) is 15.3. The molecular formula is C19H23N3O4S. The van der Waals surface area contributed by atoms with Gasteiger partial charge in [-0.05, 0) is 36.8 Å². The molecule has 2 aliphatic heterocycles. The first kappa shape index (κ1) is 18.1. The number of hydrogen-bond acceptors (Lipinski definition) is 6. The molecule has 8 heteroatoms. The Morgan fingerprint density at radius 1 is 0.963 bits per heavy atom. The van der Waals surface area contributed by atoms with Crippen LogP contribution in [0, 0.1) is 6.92 Å². The molecule has 1 aromatic heterocycles. The molecule has 4 rings (SSSR count). The Balaban J connectivity index is 1.50. The number of nitrogens with zero attached hydrogens (tertiary/aromatic N) is 3. The van der Waals surface area contributed by atoms with Crippen LogP contribution in [0.1, 0.15) is 12.0 Å². The van der Waals surface area contributed by atoms with Crippen LogP contribution in [-0.4, -0.2) is 57.1 Å². The summed E-state index contributed by atoms with van der Waals surface area (Å²) in [7, 11) is -3.57. The van der Waals surface area contributed by atoms with Crippen molar-refractivity contribution in [3.8, 4) is 11.5 Å². The molecule has 0 unspecified atom stereocenters. The van der Waals surface area contributed by atoms with Crippen molar-refractivity contribution in [3.63, 3.8) is 0 Å². The third kappa shape index (κ3) is 3.72. The molecule has 0 bridgehead atoms. The zero-order chi connectivity index (χ0) is 18.9. The molecule has 0 spiro atoms. The maximum Gasteiger partial charge on any atom is 0.243 e. The van der Waals surface area contributed by atoms with Crippen molar-refractivity contribution in [2.45, 2.75) is 18.2 Å². The number of sulfonamides is 1. The van der Waals surface area contributed by atoms with E-state index in [0.29, 0.717) is 50.9 Å². The number of aromatic nitrogens is 1. The Labute approximate surface area is 159 Å². The van der Waals surface area contributed by atoms with Crippen LogP contribution < -0.4 is 14.4 Å². The summed E-state index contributed by atoms with van der Waals surface area (Å²) < 4.78 is 38.9. The number of rotatable bonds is 3. The summed E-state index contributed by atoms with van der Waals surface area (Å²) >= 11 is 0. The van der Waals surface area contributed by atoms with Gasteiger partial charge < -0.3 is 14.4 Å². The van der Waals surface area contributed by atoms with E-state index in [-0.39, 0.29) is 4.90 Å². The first-order chi connectivity index (χ1) is 13.0. The van der Waals surface area contributed by atoms with Crippen LogP contribution in [0.25, 0.3) is 0 Å². The van der Waals surface area contributed by atoms with E-state index in [0.717, 1.165) is 17.8 Å². The van der Waals surface area contributed by atoms with E-state index in [4.69, 9.17) is 9.47 Å². The van der Waals surface area contributed by atoms with Crippen LogP contribution in [-0.2, 0) is 10.0 Å². The predicted molar refractivity (Wildman–Crippen MR) is 102 cm³/mol. The number of ether oxygens (including phenoxy) is 2. The van der Waals surface area contributed by atoms with Crippen molar-refractivity contribution in [2.75, 3.05) is 44.3 Å². The lowest BCUT2D eigenvalue weighted by Crippen LogP contribution is -2.48. The number of pyridine rings is 1. The summed E-state index contributed by atoms with van der Waals surface area (Å²) in [6.45, 7) is 5.20. The molecule has 1 saturated heterocycles. The van der Waals surface area contributed by atoms with E-state index in [9.17, 15) is 8.42 Å². The standard InChI is InChI=1S/C19H23N3O4S/c1-15-5-6-20-19(13-15)21-7-9-22(10-8-21)27(23,24)16-3-4-17-18(14-16)26-12-2-11-25-17/h3-6,13-14H,2,7-12H2,1H3. The number of hydrogen-bond donors (Lipinski definition) is 0. The second kappa shape index (κ2) is 7.36. The SMILES string of the molecule is Cc1ccnc(N2CCN(S(=O)(=O)c3ccc4c(c3)OCCCO4)CC2)c1. The Kier molecular flexibility index (Phi) is 4.92. The molecule has 144 valence electrons. The normalized spacial score (nSPS) is 18.2. The van der Waals surface area contributed by atoms with E-state index >= 15 is 0 Å². The van der Waals surface area contributed by atoms with Gasteiger partial charge in [0.1, 0.15) is 5.82 Å². The van der Waals surface area contributed by atoms with Gasteiger partial charge in [0.15, 0.2) is 11.5 Å². The van der Waals surface area contributed by atoms with E-state index in [1.54, 1.807) is 24.4 Å². The number of piperazine rings is 1. The van der Waals surface area contributed by atoms with Crippen molar-refractivity contribution < 1.29 is 17.9 Å². The summed E-state index contributed by atoms with van der Waals surface area (Å²) in [5.74, 6) is 1.99. The van der Waals surface area contributed by atoms with Crippen molar-refractivity contribution in [1.29, 1.82) is 0 Å². The second-order valence-electron chi connectivity index (χ2n) is 6.74. The van der Waals surface area contributed by atoms with Gasteiger partial charge in [-0.1, -0.05) is 0 Å². The number of aryl methyl sites for hydroxylation is 1. The summed E-state index contributed by atoms with van der Waals surface area (Å²) in [4.78, 5) is 6.76. The van der Waals surface area contributed by atoms with Gasteiger partial charge >= 0.3 is 0 Å². The smallest absolute Gasteiger partial charge is 0.243 e. The average Bonchev–Trinajstić information content (AvgIpc) is 2.93. The molecule has 0 amide bonds. The zero-order valence-corrected chi connectivity index (χ0v) is 16.1. The third-order valence-corrected chi connectivity index (χ3v) is 6.72. The Bertz CT molecular complexity index is 924. The quantitative estimate of drug-likeness (QED) is 0.800. The van der Waals surface area contributed by atoms with E-state index in [1.807, 2.05) is 19.1 Å². The van der Waals surface area contributed by atoms with Gasteiger partial charge in [-0.25, -0.2) is 13.4 Å². The van der Waals surface area contributed by atoms with Crippen molar-refractivity contribution in [3.05, 3.63) is 42.1 Å². The average molecular weight is 389 g/mol. The lowest BCUT2D eigenvalue weighted by Gasteiger charge is -2.34. The third-order valence-electron chi connectivity index (χ3n) is 4.82. The largest absolute Gasteiger partial charge is 0.490 e. The molecule has 27 heavy (non-hydrogen) atoms. The Morgan fingerprint density at radius 2 is 1.70 bits per heavy atom. The lowest BCUT2D eigenvalue weighted by molar-refractivity contribution is 0.296. The minimum atomic E-state index is -3.57. The highest BCUT2D eigenvalue weighted by molar-refractivity contribution is 7.89. The fourth-order valence-electron chi connectivity index (χ4n) is 3.30. The van der Waals surface area contributed by atoms with Crippen molar-refractivity contribution in [1.82, 2.24) is 9.29 Å². The van der Waals surface area contributed by atoms with Gasteiger partial charge in [-0.3, -0.25) is 0 Å². The second-order valence-corrected chi connectivity index (χ2v) is 8.68. The maximum atomic E-state index is 13.1. The first-order valence-corrected chi connectivity index (χ1v) is 10.6. The lowest BCUT2D eigenvalue weighted by atomic mass is 10.2. The molecule has 0 N–H and O–H groups in total. The summed E-state index contributed by atoms with van der Waals surface area (Å²) in [6, 6.07) is 8.82. The van der Waals surface area contributed by atoms with E-state index in [2.05, 4.69) is 9.88 Å². The van der Waals surface area contributed by atoms with Gasteiger partial charge in [0.25, 0.3) is 0 Å². The highest BCUT2D eigenvalue weighted by Crippen LogP contribution is 2.33. The molecular weight excluding hydrogens is 366 g/mol. The fraction of sp³-hybridized carbons (Fsp3) is 0.421. The first-order valence-electron chi connectivity index (χ1n) is 9.11. The van der Waals surface area contributed by atoms with Crippen LogP contribution >= 0.6 is 0 Å². The predicted octanol–water partition coefficient (Wildman–Crippen LogP) is 2.06. The Morgan fingerprint density at radius 3 is 2.44 bits per heavy atom. The number of fused-ring (bicyclic) bond motifs is 1. The minimum absolute atomic E-state index is 0.244. The number of anilines is 1. The fourth-order valence-corrected chi connectivity index (χ4v) is 4.74. The molecule has 2 aromatic rings. The van der Waals surface area contributed by atoms with Crippen LogP contribution in [0.4, 0.5) is 5.82 Å². The molecule has 1 aromatic carbocycles. The summed E-state index contributed by atoms with van der Waals surface area (Å²) in [6.07, 6.45) is 2.57. The molecule has 7 nitrogen and oxygen atoms in total. The molecule has 3 heterocycles. The highest BCUT2D eigenvalue weighted by atomic mass is 32.2. The van der Waals surface area contributed by atoms with Gasteiger partial charge in [0.05, 0.1) is 18.1 Å². The van der Waals surface area contributed by atoms with E-state index in [1.165, 1.54) is 4.31 Å². The van der Waals surface area contributed by atoms with Crippen LogP contribution in [0.5, 0.6) is 11.5 Å². The number of benzene rings is 1. The molecule has 1 fully saturated rings. The van der Waals surface area contributed by atoms with Gasteiger partial charge in [-0.2, -0.15) is 4.31 Å². The molecule has 0 aliphatic carbocycles. The van der Waals surface area contributed by atoms with Gasteiger partial charge in [-0.15, -0.1) is 0 Å². The Hall–Kier alpha value is -2.32. The minimum Gasteiger partial charge on any atom is -0.490 e. The van der Waals surface area contributed by atoms with Gasteiger partial charge in [0, 0.05) is 44.9 Å². The molecule has 0 saturated carbocycles.